The summed E-state index contributed by atoms with van der Waals surface area (Å²) in [5.41, 5.74) is -1.45. The van der Waals surface area contributed by atoms with Crippen molar-refractivity contribution in [1.82, 2.24) is 10.6 Å². The van der Waals surface area contributed by atoms with E-state index in [9.17, 15) is 46.5 Å². The number of phenols is 1. The zero-order valence-electron chi connectivity index (χ0n) is 22.9. The highest BCUT2D eigenvalue weighted by molar-refractivity contribution is 5.78. The summed E-state index contributed by atoms with van der Waals surface area (Å²) >= 11 is 0. The van der Waals surface area contributed by atoms with E-state index in [-0.39, 0.29) is 37.0 Å². The van der Waals surface area contributed by atoms with E-state index in [4.69, 9.17) is 0 Å². The summed E-state index contributed by atoms with van der Waals surface area (Å²) in [4.78, 5) is 12.5. The zero-order chi connectivity index (χ0) is 31.3. The van der Waals surface area contributed by atoms with Gasteiger partial charge < -0.3 is 26.0 Å². The molecule has 228 valence electrons. The SMILES string of the molecule is CC(C)(Cc1cccc(CC(=O)NCc2cc(C(F)(F)F)cc(C(F)(F)F)c2)c1)NC[C@H](O)c1ccc(O)c(CO)c1. The molecule has 12 heteroatoms. The Balaban J connectivity index is 1.59. The predicted octanol–water partition coefficient (Wildman–Crippen LogP) is 5.43. The normalized spacial score (nSPS) is 13.2. The van der Waals surface area contributed by atoms with Crippen LogP contribution in [0.25, 0.3) is 0 Å². The monoisotopic (exact) mass is 598 g/mol. The summed E-state index contributed by atoms with van der Waals surface area (Å²) in [6.07, 6.45) is -10.5. The Kier molecular flexibility index (Phi) is 10.3. The van der Waals surface area contributed by atoms with E-state index in [1.165, 1.54) is 12.1 Å². The van der Waals surface area contributed by atoms with E-state index in [0.29, 0.717) is 35.2 Å². The fraction of sp³-hybridized carbons (Fsp3) is 0.367. The maximum Gasteiger partial charge on any atom is 0.416 e. The number of β-amino-alcohol motifs (C(OH)–C–C–N with tert-alkyl or cyclic N) is 1. The van der Waals surface area contributed by atoms with Gasteiger partial charge in [0.1, 0.15) is 5.75 Å². The fourth-order valence-electron chi connectivity index (χ4n) is 4.42. The maximum absolute atomic E-state index is 13.1. The Morgan fingerprint density at radius 2 is 1.48 bits per heavy atom. The summed E-state index contributed by atoms with van der Waals surface area (Å²) in [5, 5.41) is 35.3. The topological polar surface area (TPSA) is 102 Å². The van der Waals surface area contributed by atoms with Crippen LogP contribution < -0.4 is 10.6 Å². The fourth-order valence-corrected chi connectivity index (χ4v) is 4.42. The molecule has 1 atom stereocenters. The molecule has 0 heterocycles. The van der Waals surface area contributed by atoms with Gasteiger partial charge in [0.05, 0.1) is 30.3 Å². The van der Waals surface area contributed by atoms with Gasteiger partial charge in [-0.2, -0.15) is 26.3 Å². The second kappa shape index (κ2) is 13.1. The van der Waals surface area contributed by atoms with Crippen molar-refractivity contribution in [2.75, 3.05) is 6.54 Å². The molecule has 3 aromatic rings. The maximum atomic E-state index is 13.1. The number of benzene rings is 3. The third kappa shape index (κ3) is 9.47. The van der Waals surface area contributed by atoms with Crippen LogP contribution in [0.15, 0.2) is 60.7 Å². The minimum absolute atomic E-state index is 0.0360. The molecular formula is C30H32F6N2O4. The zero-order valence-corrected chi connectivity index (χ0v) is 22.9. The molecule has 0 radical (unpaired) electrons. The van der Waals surface area contributed by atoms with E-state index < -0.39 is 47.6 Å². The molecule has 0 spiro atoms. The Morgan fingerprint density at radius 1 is 0.857 bits per heavy atom. The number of nitrogens with one attached hydrogen (secondary N) is 2. The van der Waals surface area contributed by atoms with E-state index in [2.05, 4.69) is 10.6 Å². The highest BCUT2D eigenvalue weighted by Gasteiger charge is 2.36. The van der Waals surface area contributed by atoms with E-state index in [0.717, 1.165) is 5.56 Å². The number of hydrogen-bond donors (Lipinski definition) is 5. The highest BCUT2D eigenvalue weighted by Crippen LogP contribution is 2.36. The molecule has 42 heavy (non-hydrogen) atoms. The van der Waals surface area contributed by atoms with Crippen LogP contribution in [0.4, 0.5) is 26.3 Å². The lowest BCUT2D eigenvalue weighted by Crippen LogP contribution is -2.43. The van der Waals surface area contributed by atoms with Gasteiger partial charge >= 0.3 is 12.4 Å². The first-order valence-corrected chi connectivity index (χ1v) is 13.0. The van der Waals surface area contributed by atoms with Crippen molar-refractivity contribution in [2.45, 2.75) is 63.8 Å². The Morgan fingerprint density at radius 3 is 2.07 bits per heavy atom. The van der Waals surface area contributed by atoms with Gasteiger partial charge in [0.2, 0.25) is 5.91 Å². The average molecular weight is 599 g/mol. The number of alkyl halides is 6. The van der Waals surface area contributed by atoms with Crippen molar-refractivity contribution >= 4 is 5.91 Å². The van der Waals surface area contributed by atoms with Crippen molar-refractivity contribution in [1.29, 1.82) is 0 Å². The van der Waals surface area contributed by atoms with Gasteiger partial charge in [-0.25, -0.2) is 0 Å². The minimum atomic E-state index is -4.98. The van der Waals surface area contributed by atoms with Crippen LogP contribution in [0.2, 0.25) is 0 Å². The number of carbonyl (C=O) groups excluding carboxylic acids is 1. The van der Waals surface area contributed by atoms with Crippen LogP contribution in [-0.2, 0) is 43.1 Å². The van der Waals surface area contributed by atoms with Crippen molar-refractivity contribution in [3.8, 4) is 5.75 Å². The summed E-state index contributed by atoms with van der Waals surface area (Å²) in [6, 6.07) is 12.7. The number of aliphatic hydroxyl groups is 2. The van der Waals surface area contributed by atoms with Crippen molar-refractivity contribution in [2.24, 2.45) is 0 Å². The minimum Gasteiger partial charge on any atom is -0.508 e. The van der Waals surface area contributed by atoms with Gasteiger partial charge in [-0.05, 0) is 72.9 Å². The smallest absolute Gasteiger partial charge is 0.416 e. The molecule has 0 saturated heterocycles. The molecule has 3 rings (SSSR count). The van der Waals surface area contributed by atoms with Crippen molar-refractivity contribution in [3.63, 3.8) is 0 Å². The van der Waals surface area contributed by atoms with Crippen molar-refractivity contribution in [3.05, 3.63) is 99.6 Å². The Bertz CT molecular complexity index is 1360. The summed E-state index contributed by atoms with van der Waals surface area (Å²) in [7, 11) is 0. The number of rotatable bonds is 11. The van der Waals surface area contributed by atoms with Crippen molar-refractivity contribution < 1.29 is 46.5 Å². The largest absolute Gasteiger partial charge is 0.508 e. The summed E-state index contributed by atoms with van der Waals surface area (Å²) in [5.74, 6) is -0.642. The van der Waals surface area contributed by atoms with Gasteiger partial charge in [0, 0.05) is 24.2 Å². The number of carbonyl (C=O) groups is 1. The second-order valence-corrected chi connectivity index (χ2v) is 10.7. The molecule has 0 aliphatic carbocycles. The van der Waals surface area contributed by atoms with Gasteiger partial charge in [-0.15, -0.1) is 0 Å². The number of aliphatic hydroxyl groups excluding tert-OH is 2. The molecule has 0 saturated carbocycles. The van der Waals surface area contributed by atoms with Crippen LogP contribution in [0.3, 0.4) is 0 Å². The Hall–Kier alpha value is -3.61. The van der Waals surface area contributed by atoms with Gasteiger partial charge in [-0.1, -0.05) is 30.3 Å². The number of amides is 1. The van der Waals surface area contributed by atoms with Crippen LogP contribution in [0.1, 0.15) is 58.9 Å². The third-order valence-corrected chi connectivity index (χ3v) is 6.57. The summed E-state index contributed by atoms with van der Waals surface area (Å²) in [6.45, 7) is 3.13. The van der Waals surface area contributed by atoms with Gasteiger partial charge in [0.15, 0.2) is 0 Å². The standard InChI is InChI=1S/C30H32F6N2O4/c1-28(2,38-16-26(41)21-6-7-25(40)22(12-21)17-39)14-19-5-3-4-18(8-19)11-27(42)37-15-20-9-23(29(31,32)33)13-24(10-20)30(34,35)36/h3-10,12-13,26,38-41H,11,14-17H2,1-2H3,(H,37,42)/t26-/m0/s1. The molecule has 0 fully saturated rings. The Labute approximate surface area is 239 Å². The summed E-state index contributed by atoms with van der Waals surface area (Å²) < 4.78 is 78.6. The molecule has 6 nitrogen and oxygen atoms in total. The first-order valence-electron chi connectivity index (χ1n) is 13.0. The molecule has 0 aliphatic rings. The third-order valence-electron chi connectivity index (χ3n) is 6.57. The molecule has 1 amide bonds. The van der Waals surface area contributed by atoms with Crippen LogP contribution in [0, 0.1) is 0 Å². The molecular weight excluding hydrogens is 566 g/mol. The van der Waals surface area contributed by atoms with E-state index >= 15 is 0 Å². The highest BCUT2D eigenvalue weighted by atomic mass is 19.4. The number of hydrogen-bond acceptors (Lipinski definition) is 5. The van der Waals surface area contributed by atoms with Gasteiger partial charge in [0.25, 0.3) is 0 Å². The molecule has 3 aromatic carbocycles. The first-order chi connectivity index (χ1) is 19.5. The number of aromatic hydroxyl groups is 1. The lowest BCUT2D eigenvalue weighted by Gasteiger charge is -2.28. The molecule has 0 unspecified atom stereocenters. The molecule has 5 N–H and O–H groups in total. The molecule has 0 aromatic heterocycles. The molecule has 0 bridgehead atoms. The average Bonchev–Trinajstić information content (AvgIpc) is 2.89. The second-order valence-electron chi connectivity index (χ2n) is 10.7. The van der Waals surface area contributed by atoms with Crippen LogP contribution in [-0.4, -0.2) is 33.3 Å². The van der Waals surface area contributed by atoms with Crippen LogP contribution in [0.5, 0.6) is 5.75 Å². The lowest BCUT2D eigenvalue weighted by molar-refractivity contribution is -0.143. The molecule has 0 aliphatic heterocycles. The first kappa shape index (κ1) is 32.9. The lowest BCUT2D eigenvalue weighted by atomic mass is 9.93. The predicted molar refractivity (Wildman–Crippen MR) is 143 cm³/mol. The van der Waals surface area contributed by atoms with E-state index in [1.807, 2.05) is 19.9 Å². The van der Waals surface area contributed by atoms with E-state index in [1.54, 1.807) is 24.3 Å². The quantitative estimate of drug-likeness (QED) is 0.190. The number of halogens is 6. The van der Waals surface area contributed by atoms with Gasteiger partial charge in [-0.3, -0.25) is 4.79 Å². The van der Waals surface area contributed by atoms with Crippen LogP contribution >= 0.6 is 0 Å².